The summed E-state index contributed by atoms with van der Waals surface area (Å²) in [6.07, 6.45) is -2.77. The van der Waals surface area contributed by atoms with E-state index in [0.717, 1.165) is 24.2 Å². The first kappa shape index (κ1) is 15.4. The van der Waals surface area contributed by atoms with Crippen LogP contribution in [-0.4, -0.2) is 6.54 Å². The Morgan fingerprint density at radius 1 is 1.14 bits per heavy atom. The highest BCUT2D eigenvalue weighted by Gasteiger charge is 2.30. The van der Waals surface area contributed by atoms with Crippen LogP contribution in [0.4, 0.5) is 13.2 Å². The molecular weight excluding hydrogens is 283 g/mol. The van der Waals surface area contributed by atoms with E-state index in [-0.39, 0.29) is 6.61 Å². The number of hydrogen-bond acceptors (Lipinski definition) is 3. The highest BCUT2D eigenvalue weighted by atomic mass is 19.4. The number of ether oxygens (including phenoxy) is 1. The van der Waals surface area contributed by atoms with Crippen LogP contribution in [0.15, 0.2) is 41.0 Å². The fourth-order valence-corrected chi connectivity index (χ4v) is 1.80. The summed E-state index contributed by atoms with van der Waals surface area (Å²) in [5.41, 5.74) is 0.282. The maximum Gasteiger partial charge on any atom is 0.416 e. The molecule has 0 aliphatic carbocycles. The number of halogens is 3. The van der Waals surface area contributed by atoms with Crippen molar-refractivity contribution in [1.29, 1.82) is 0 Å². The van der Waals surface area contributed by atoms with Gasteiger partial charge in [-0.15, -0.1) is 0 Å². The van der Waals surface area contributed by atoms with E-state index in [1.807, 2.05) is 13.0 Å². The number of nitrogens with one attached hydrogen (secondary N) is 1. The third-order valence-corrected chi connectivity index (χ3v) is 2.95. The van der Waals surface area contributed by atoms with E-state index in [0.29, 0.717) is 18.1 Å². The summed E-state index contributed by atoms with van der Waals surface area (Å²) in [6.45, 7) is 3.68. The lowest BCUT2D eigenvalue weighted by molar-refractivity contribution is -0.137. The van der Waals surface area contributed by atoms with Gasteiger partial charge in [-0.05, 0) is 36.9 Å². The number of benzene rings is 1. The number of alkyl halides is 3. The summed E-state index contributed by atoms with van der Waals surface area (Å²) in [5.74, 6) is 1.03. The molecule has 0 amide bonds. The van der Waals surface area contributed by atoms with Gasteiger partial charge in [0.25, 0.3) is 0 Å². The van der Waals surface area contributed by atoms with E-state index >= 15 is 0 Å². The van der Waals surface area contributed by atoms with Gasteiger partial charge in [-0.2, -0.15) is 13.2 Å². The van der Waals surface area contributed by atoms with Gasteiger partial charge in [-0.25, -0.2) is 0 Å². The molecule has 0 fully saturated rings. The van der Waals surface area contributed by atoms with Gasteiger partial charge < -0.3 is 14.5 Å². The Balaban J connectivity index is 1.95. The van der Waals surface area contributed by atoms with Gasteiger partial charge in [0.15, 0.2) is 0 Å². The van der Waals surface area contributed by atoms with Crippen molar-refractivity contribution in [1.82, 2.24) is 5.32 Å². The van der Waals surface area contributed by atoms with Crippen molar-refractivity contribution in [3.8, 4) is 5.75 Å². The Labute approximate surface area is 120 Å². The van der Waals surface area contributed by atoms with Crippen LogP contribution in [0.25, 0.3) is 0 Å². The van der Waals surface area contributed by atoms with E-state index in [1.165, 1.54) is 12.1 Å². The molecule has 0 aliphatic rings. The molecule has 0 saturated heterocycles. The van der Waals surface area contributed by atoms with Crippen LogP contribution in [-0.2, 0) is 19.3 Å². The minimum atomic E-state index is -4.33. The molecule has 0 bridgehead atoms. The zero-order valence-electron chi connectivity index (χ0n) is 11.5. The quantitative estimate of drug-likeness (QED) is 0.876. The second kappa shape index (κ2) is 6.67. The Hall–Kier alpha value is -1.95. The molecule has 114 valence electrons. The summed E-state index contributed by atoms with van der Waals surface area (Å²) in [4.78, 5) is 0. The molecule has 0 atom stereocenters. The van der Waals surface area contributed by atoms with Gasteiger partial charge in [0.1, 0.15) is 18.1 Å². The lowest BCUT2D eigenvalue weighted by Crippen LogP contribution is -2.12. The van der Waals surface area contributed by atoms with Gasteiger partial charge in [0.2, 0.25) is 0 Å². The van der Waals surface area contributed by atoms with Crippen molar-refractivity contribution in [2.75, 3.05) is 6.54 Å². The van der Waals surface area contributed by atoms with Crippen LogP contribution >= 0.6 is 0 Å². The van der Waals surface area contributed by atoms with Crippen molar-refractivity contribution >= 4 is 0 Å². The van der Waals surface area contributed by atoms with E-state index in [4.69, 9.17) is 9.15 Å². The van der Waals surface area contributed by atoms with Crippen LogP contribution in [0.1, 0.15) is 23.8 Å². The molecule has 0 saturated carbocycles. The standard InChI is InChI=1S/C15H16F3NO2/c1-2-19-9-11-7-8-20-14(11)10-21-13-5-3-12(4-6-13)15(16,17)18/h3-8,19H,2,9-10H2,1H3. The number of hydrogen-bond donors (Lipinski definition) is 1. The highest BCUT2D eigenvalue weighted by molar-refractivity contribution is 5.29. The molecule has 2 aromatic rings. The molecule has 0 radical (unpaired) electrons. The van der Waals surface area contributed by atoms with E-state index in [2.05, 4.69) is 5.32 Å². The normalized spacial score (nSPS) is 11.6. The fourth-order valence-electron chi connectivity index (χ4n) is 1.80. The molecule has 1 aromatic heterocycles. The summed E-state index contributed by atoms with van der Waals surface area (Å²) in [7, 11) is 0. The number of rotatable bonds is 6. The van der Waals surface area contributed by atoms with Gasteiger partial charge in [-0.1, -0.05) is 6.92 Å². The van der Waals surface area contributed by atoms with Gasteiger partial charge in [-0.3, -0.25) is 0 Å². The van der Waals surface area contributed by atoms with Crippen LogP contribution in [0.2, 0.25) is 0 Å². The van der Waals surface area contributed by atoms with Crippen molar-refractivity contribution in [3.05, 3.63) is 53.5 Å². The van der Waals surface area contributed by atoms with Crippen molar-refractivity contribution in [2.45, 2.75) is 26.3 Å². The molecule has 2 rings (SSSR count). The molecule has 1 N–H and O–H groups in total. The van der Waals surface area contributed by atoms with Crippen molar-refractivity contribution < 1.29 is 22.3 Å². The molecule has 1 heterocycles. The summed E-state index contributed by atoms with van der Waals surface area (Å²) < 4.78 is 48.1. The molecule has 3 nitrogen and oxygen atoms in total. The second-order valence-corrected chi connectivity index (χ2v) is 4.46. The third kappa shape index (κ3) is 4.26. The number of furan rings is 1. The van der Waals surface area contributed by atoms with Gasteiger partial charge in [0, 0.05) is 12.1 Å². The topological polar surface area (TPSA) is 34.4 Å². The van der Waals surface area contributed by atoms with Crippen molar-refractivity contribution in [2.24, 2.45) is 0 Å². The zero-order chi connectivity index (χ0) is 15.3. The van der Waals surface area contributed by atoms with Crippen LogP contribution in [0, 0.1) is 0 Å². The van der Waals surface area contributed by atoms with E-state index < -0.39 is 11.7 Å². The summed E-state index contributed by atoms with van der Waals surface area (Å²) >= 11 is 0. The molecular formula is C15H16F3NO2. The maximum absolute atomic E-state index is 12.4. The first-order valence-corrected chi connectivity index (χ1v) is 6.56. The van der Waals surface area contributed by atoms with Gasteiger partial charge >= 0.3 is 6.18 Å². The third-order valence-electron chi connectivity index (χ3n) is 2.95. The molecule has 6 heteroatoms. The minimum Gasteiger partial charge on any atom is -0.486 e. The molecule has 0 spiro atoms. The van der Waals surface area contributed by atoms with Crippen LogP contribution in [0.3, 0.4) is 0 Å². The van der Waals surface area contributed by atoms with Gasteiger partial charge in [0.05, 0.1) is 11.8 Å². The van der Waals surface area contributed by atoms with Crippen molar-refractivity contribution in [3.63, 3.8) is 0 Å². The van der Waals surface area contributed by atoms with Crippen LogP contribution in [0.5, 0.6) is 5.75 Å². The first-order chi connectivity index (χ1) is 10.0. The monoisotopic (exact) mass is 299 g/mol. The predicted molar refractivity (Wildman–Crippen MR) is 71.9 cm³/mol. The lowest BCUT2D eigenvalue weighted by atomic mass is 10.2. The smallest absolute Gasteiger partial charge is 0.416 e. The Morgan fingerprint density at radius 3 is 2.48 bits per heavy atom. The Kier molecular flexibility index (Phi) is 4.90. The van der Waals surface area contributed by atoms with Crippen LogP contribution < -0.4 is 10.1 Å². The summed E-state index contributed by atoms with van der Waals surface area (Å²) in [6, 6.07) is 6.44. The average Bonchev–Trinajstić information content (AvgIpc) is 2.90. The van der Waals surface area contributed by atoms with E-state index in [1.54, 1.807) is 6.26 Å². The Bertz CT molecular complexity index is 561. The second-order valence-electron chi connectivity index (χ2n) is 4.46. The molecule has 1 aromatic carbocycles. The van der Waals surface area contributed by atoms with E-state index in [9.17, 15) is 13.2 Å². The lowest BCUT2D eigenvalue weighted by Gasteiger charge is -2.09. The first-order valence-electron chi connectivity index (χ1n) is 6.56. The molecule has 21 heavy (non-hydrogen) atoms. The largest absolute Gasteiger partial charge is 0.486 e. The SMILES string of the molecule is CCNCc1ccoc1COc1ccc(C(F)(F)F)cc1. The Morgan fingerprint density at radius 2 is 1.86 bits per heavy atom. The minimum absolute atomic E-state index is 0.180. The molecule has 0 aliphatic heterocycles. The average molecular weight is 299 g/mol. The fraction of sp³-hybridized carbons (Fsp3) is 0.333. The summed E-state index contributed by atoms with van der Waals surface area (Å²) in [5, 5.41) is 3.17. The molecule has 0 unspecified atom stereocenters. The predicted octanol–water partition coefficient (Wildman–Crippen LogP) is 3.99. The maximum atomic E-state index is 12.4. The highest BCUT2D eigenvalue weighted by Crippen LogP contribution is 2.30. The zero-order valence-corrected chi connectivity index (χ0v) is 11.5.